The number of rotatable bonds is 1. The van der Waals surface area contributed by atoms with Gasteiger partial charge in [-0.2, -0.15) is 13.2 Å². The van der Waals surface area contributed by atoms with E-state index < -0.39 is 11.7 Å². The Bertz CT molecular complexity index is 588. The predicted octanol–water partition coefficient (Wildman–Crippen LogP) is 3.38. The van der Waals surface area contributed by atoms with Gasteiger partial charge in [-0.05, 0) is 29.0 Å². The lowest BCUT2D eigenvalue weighted by atomic mass is 10.0. The van der Waals surface area contributed by atoms with E-state index in [-0.39, 0.29) is 16.7 Å². The molecule has 0 radical (unpaired) electrons. The van der Waals surface area contributed by atoms with E-state index in [0.717, 1.165) is 12.1 Å². The smallest absolute Gasteiger partial charge is 0.416 e. The average Bonchev–Trinajstić information content (AvgIpc) is 2.27. The second-order valence-corrected chi connectivity index (χ2v) is 3.55. The fraction of sp³-hybridized carbons (Fsp3) is 0.0833. The number of carbonyl (C=O) groups excluding carboxylic acids is 1. The standard InChI is InChI=1S/C12H7F3O2/c13-12(14,15)8-2-3-9-7(5-8)1-4-11(17)10(9)6-16/h1-6,17H. The molecular formula is C12H7F3O2. The summed E-state index contributed by atoms with van der Waals surface area (Å²) < 4.78 is 37.4. The van der Waals surface area contributed by atoms with Crippen LogP contribution in [-0.2, 0) is 6.18 Å². The Morgan fingerprint density at radius 3 is 2.41 bits per heavy atom. The normalized spacial score (nSPS) is 11.7. The van der Waals surface area contributed by atoms with Crippen LogP contribution >= 0.6 is 0 Å². The maximum Gasteiger partial charge on any atom is 0.416 e. The fourth-order valence-corrected chi connectivity index (χ4v) is 1.64. The van der Waals surface area contributed by atoms with Gasteiger partial charge in [0.1, 0.15) is 5.75 Å². The molecule has 0 spiro atoms. The number of phenolic OH excluding ortho intramolecular Hbond substituents is 1. The maximum absolute atomic E-state index is 12.5. The van der Waals surface area contributed by atoms with Crippen LogP contribution in [0.5, 0.6) is 5.75 Å². The van der Waals surface area contributed by atoms with Crippen LogP contribution in [0.15, 0.2) is 30.3 Å². The molecule has 0 aliphatic carbocycles. The van der Waals surface area contributed by atoms with E-state index >= 15 is 0 Å². The van der Waals surface area contributed by atoms with Gasteiger partial charge in [-0.15, -0.1) is 0 Å². The topological polar surface area (TPSA) is 37.3 Å². The highest BCUT2D eigenvalue weighted by molar-refractivity contribution is 6.00. The van der Waals surface area contributed by atoms with E-state index in [0.29, 0.717) is 11.7 Å². The van der Waals surface area contributed by atoms with E-state index in [9.17, 15) is 23.1 Å². The first-order valence-electron chi connectivity index (χ1n) is 4.71. The molecule has 2 nitrogen and oxygen atoms in total. The molecule has 0 heterocycles. The van der Waals surface area contributed by atoms with Crippen LogP contribution in [0, 0.1) is 0 Å². The molecule has 0 saturated heterocycles. The van der Waals surface area contributed by atoms with Crippen LogP contribution in [0.1, 0.15) is 15.9 Å². The Hall–Kier alpha value is -2.04. The fourth-order valence-electron chi connectivity index (χ4n) is 1.64. The third-order valence-corrected chi connectivity index (χ3v) is 2.48. The van der Waals surface area contributed by atoms with Gasteiger partial charge >= 0.3 is 6.18 Å². The number of aromatic hydroxyl groups is 1. The molecule has 0 unspecified atom stereocenters. The van der Waals surface area contributed by atoms with Crippen molar-refractivity contribution in [1.82, 2.24) is 0 Å². The van der Waals surface area contributed by atoms with Gasteiger partial charge < -0.3 is 5.11 Å². The van der Waals surface area contributed by atoms with Gasteiger partial charge in [0, 0.05) is 0 Å². The highest BCUT2D eigenvalue weighted by atomic mass is 19.4. The third-order valence-electron chi connectivity index (χ3n) is 2.48. The van der Waals surface area contributed by atoms with Gasteiger partial charge in [0.05, 0.1) is 11.1 Å². The minimum Gasteiger partial charge on any atom is -0.507 e. The molecule has 5 heteroatoms. The zero-order valence-corrected chi connectivity index (χ0v) is 8.45. The minimum atomic E-state index is -4.42. The molecule has 0 aromatic heterocycles. The van der Waals surface area contributed by atoms with Crippen molar-refractivity contribution in [2.24, 2.45) is 0 Å². The van der Waals surface area contributed by atoms with Gasteiger partial charge in [-0.25, -0.2) is 0 Å². The summed E-state index contributed by atoms with van der Waals surface area (Å²) in [5, 5.41) is 9.95. The van der Waals surface area contributed by atoms with Crippen molar-refractivity contribution >= 4 is 17.1 Å². The lowest BCUT2D eigenvalue weighted by Crippen LogP contribution is -2.04. The van der Waals surface area contributed by atoms with Crippen LogP contribution in [0.3, 0.4) is 0 Å². The largest absolute Gasteiger partial charge is 0.507 e. The molecule has 0 bridgehead atoms. The Balaban J connectivity index is 2.73. The molecule has 1 N–H and O–H groups in total. The van der Waals surface area contributed by atoms with Crippen molar-refractivity contribution in [3.05, 3.63) is 41.5 Å². The Labute approximate surface area is 94.3 Å². The molecule has 0 atom stereocenters. The first-order valence-corrected chi connectivity index (χ1v) is 4.71. The van der Waals surface area contributed by atoms with Crippen LogP contribution < -0.4 is 0 Å². The van der Waals surface area contributed by atoms with Crippen molar-refractivity contribution in [1.29, 1.82) is 0 Å². The number of carbonyl (C=O) groups is 1. The van der Waals surface area contributed by atoms with E-state index in [1.165, 1.54) is 18.2 Å². The van der Waals surface area contributed by atoms with Crippen molar-refractivity contribution in [3.8, 4) is 5.75 Å². The van der Waals surface area contributed by atoms with E-state index in [1.54, 1.807) is 0 Å². The molecule has 0 saturated carbocycles. The Kier molecular flexibility index (Phi) is 2.53. The number of phenols is 1. The maximum atomic E-state index is 12.5. The summed E-state index contributed by atoms with van der Waals surface area (Å²) in [6.07, 6.45) is -4.00. The SMILES string of the molecule is O=Cc1c(O)ccc2cc(C(F)(F)F)ccc12. The number of alkyl halides is 3. The molecule has 88 valence electrons. The molecule has 2 rings (SSSR count). The van der Waals surface area contributed by atoms with Crippen molar-refractivity contribution in [2.75, 3.05) is 0 Å². The van der Waals surface area contributed by atoms with Gasteiger partial charge in [0.25, 0.3) is 0 Å². The number of hydrogen-bond acceptors (Lipinski definition) is 2. The zero-order valence-electron chi connectivity index (χ0n) is 8.45. The number of halogens is 3. The van der Waals surface area contributed by atoms with Gasteiger partial charge in [-0.3, -0.25) is 4.79 Å². The lowest BCUT2D eigenvalue weighted by Gasteiger charge is -2.09. The summed E-state index contributed by atoms with van der Waals surface area (Å²) in [5.74, 6) is -0.243. The summed E-state index contributed by atoms with van der Waals surface area (Å²) in [5.41, 5.74) is -0.788. The highest BCUT2D eigenvalue weighted by Crippen LogP contribution is 2.33. The van der Waals surface area contributed by atoms with Gasteiger partial charge in [-0.1, -0.05) is 12.1 Å². The molecule has 0 fully saturated rings. The molecule has 2 aromatic rings. The van der Waals surface area contributed by atoms with Crippen LogP contribution in [-0.4, -0.2) is 11.4 Å². The summed E-state index contributed by atoms with van der Waals surface area (Å²) in [4.78, 5) is 10.7. The minimum absolute atomic E-state index is 0.00350. The monoisotopic (exact) mass is 240 g/mol. The predicted molar refractivity (Wildman–Crippen MR) is 56.0 cm³/mol. The van der Waals surface area contributed by atoms with Crippen LogP contribution in [0.25, 0.3) is 10.8 Å². The van der Waals surface area contributed by atoms with E-state index in [4.69, 9.17) is 0 Å². The van der Waals surface area contributed by atoms with Crippen LogP contribution in [0.4, 0.5) is 13.2 Å². The highest BCUT2D eigenvalue weighted by Gasteiger charge is 2.30. The van der Waals surface area contributed by atoms with E-state index in [1.807, 2.05) is 0 Å². The van der Waals surface area contributed by atoms with Crippen LogP contribution in [0.2, 0.25) is 0 Å². The van der Waals surface area contributed by atoms with Gasteiger partial charge in [0.2, 0.25) is 0 Å². The second kappa shape index (κ2) is 3.76. The molecule has 0 aliphatic heterocycles. The first-order chi connectivity index (χ1) is 7.93. The van der Waals surface area contributed by atoms with Gasteiger partial charge in [0.15, 0.2) is 6.29 Å². The Morgan fingerprint density at radius 2 is 1.82 bits per heavy atom. The average molecular weight is 240 g/mol. The summed E-state index contributed by atoms with van der Waals surface area (Å²) in [7, 11) is 0. The number of fused-ring (bicyclic) bond motifs is 1. The Morgan fingerprint density at radius 1 is 1.12 bits per heavy atom. The van der Waals surface area contributed by atoms with Crippen molar-refractivity contribution in [2.45, 2.75) is 6.18 Å². The third kappa shape index (κ3) is 1.95. The molecule has 0 aliphatic rings. The lowest BCUT2D eigenvalue weighted by molar-refractivity contribution is -0.137. The number of hydrogen-bond donors (Lipinski definition) is 1. The molecule has 17 heavy (non-hydrogen) atoms. The zero-order chi connectivity index (χ0) is 12.6. The van der Waals surface area contributed by atoms with E-state index in [2.05, 4.69) is 0 Å². The quantitative estimate of drug-likeness (QED) is 0.776. The van der Waals surface area contributed by atoms with Crippen molar-refractivity contribution < 1.29 is 23.1 Å². The second-order valence-electron chi connectivity index (χ2n) is 3.55. The summed E-state index contributed by atoms with van der Waals surface area (Å²) >= 11 is 0. The summed E-state index contributed by atoms with van der Waals surface area (Å²) in [6, 6.07) is 5.55. The molecule has 2 aromatic carbocycles. The molecule has 0 amide bonds. The number of aldehydes is 1. The molecular weight excluding hydrogens is 233 g/mol. The summed E-state index contributed by atoms with van der Waals surface area (Å²) in [6.45, 7) is 0. The number of benzene rings is 2. The van der Waals surface area contributed by atoms with Crippen molar-refractivity contribution in [3.63, 3.8) is 0 Å². The first kappa shape index (κ1) is 11.4.